The van der Waals surface area contributed by atoms with Crippen LogP contribution in [-0.4, -0.2) is 19.6 Å². The summed E-state index contributed by atoms with van der Waals surface area (Å²) in [6.07, 6.45) is 4.77. The van der Waals surface area contributed by atoms with E-state index in [0.717, 1.165) is 23.2 Å². The third kappa shape index (κ3) is 2.20. The molecule has 1 atom stereocenters. The lowest BCUT2D eigenvalue weighted by Crippen LogP contribution is -2.07. The predicted molar refractivity (Wildman–Crippen MR) is 79.3 cm³/mol. The Balaban J connectivity index is 1.91. The molecule has 2 N–H and O–H groups in total. The number of aryl methyl sites for hydroxylation is 1. The number of para-hydroxylation sites is 1. The second-order valence-corrected chi connectivity index (χ2v) is 5.07. The Bertz CT molecular complexity index is 725. The van der Waals surface area contributed by atoms with Crippen molar-refractivity contribution in [2.75, 3.05) is 0 Å². The summed E-state index contributed by atoms with van der Waals surface area (Å²) >= 11 is 0. The minimum atomic E-state index is 0.0595. The Morgan fingerprint density at radius 1 is 1.30 bits per heavy atom. The Morgan fingerprint density at radius 3 is 2.90 bits per heavy atom. The lowest BCUT2D eigenvalue weighted by molar-refractivity contribution is 0.651. The molecular formula is C15H19N5. The van der Waals surface area contributed by atoms with Crippen LogP contribution in [0.5, 0.6) is 0 Å². The van der Waals surface area contributed by atoms with Gasteiger partial charge in [-0.3, -0.25) is 9.36 Å². The standard InChI is InChI=1S/C15H19N5/c1-3-13(16)11-8-17-20(9-11)10-14-12-6-4-5-7-15(12)19(2)18-14/h4-9,13H,3,10,16H2,1-2H3. The first-order valence-electron chi connectivity index (χ1n) is 6.87. The highest BCUT2D eigenvalue weighted by atomic mass is 15.3. The third-order valence-electron chi connectivity index (χ3n) is 3.67. The highest BCUT2D eigenvalue weighted by Gasteiger charge is 2.10. The molecule has 0 aliphatic rings. The van der Waals surface area contributed by atoms with E-state index in [1.165, 1.54) is 5.39 Å². The zero-order valence-electron chi connectivity index (χ0n) is 11.8. The van der Waals surface area contributed by atoms with Crippen LogP contribution in [0.15, 0.2) is 36.7 Å². The van der Waals surface area contributed by atoms with Gasteiger partial charge in [0.25, 0.3) is 0 Å². The maximum atomic E-state index is 6.02. The molecule has 2 heterocycles. The first-order valence-corrected chi connectivity index (χ1v) is 6.87. The van der Waals surface area contributed by atoms with Crippen molar-refractivity contribution in [3.05, 3.63) is 47.9 Å². The highest BCUT2D eigenvalue weighted by Crippen LogP contribution is 2.19. The van der Waals surface area contributed by atoms with Crippen molar-refractivity contribution < 1.29 is 0 Å². The first kappa shape index (κ1) is 12.9. The quantitative estimate of drug-likeness (QED) is 0.790. The lowest BCUT2D eigenvalue weighted by Gasteiger charge is -2.03. The molecule has 0 fully saturated rings. The van der Waals surface area contributed by atoms with Gasteiger partial charge >= 0.3 is 0 Å². The molecule has 20 heavy (non-hydrogen) atoms. The largest absolute Gasteiger partial charge is 0.324 e. The van der Waals surface area contributed by atoms with Crippen molar-refractivity contribution in [3.8, 4) is 0 Å². The number of hydrogen-bond donors (Lipinski definition) is 1. The number of aromatic nitrogens is 4. The van der Waals surface area contributed by atoms with Crippen LogP contribution in [0.1, 0.15) is 30.6 Å². The molecule has 1 unspecified atom stereocenters. The molecule has 2 aromatic heterocycles. The molecule has 5 heteroatoms. The molecule has 3 aromatic rings. The summed E-state index contributed by atoms with van der Waals surface area (Å²) in [6, 6.07) is 8.30. The number of rotatable bonds is 4. The van der Waals surface area contributed by atoms with Gasteiger partial charge in [-0.25, -0.2) is 0 Å². The predicted octanol–water partition coefficient (Wildman–Crippen LogP) is 2.23. The SMILES string of the molecule is CCC(N)c1cnn(Cc2nn(C)c3ccccc23)c1. The fourth-order valence-electron chi connectivity index (χ4n) is 2.45. The summed E-state index contributed by atoms with van der Waals surface area (Å²) in [6.45, 7) is 2.74. The summed E-state index contributed by atoms with van der Waals surface area (Å²) in [5.74, 6) is 0. The normalized spacial score (nSPS) is 12.9. The van der Waals surface area contributed by atoms with E-state index in [1.54, 1.807) is 0 Å². The Labute approximate surface area is 118 Å². The molecule has 0 aliphatic heterocycles. The summed E-state index contributed by atoms with van der Waals surface area (Å²) in [5, 5.41) is 10.1. The molecule has 0 amide bonds. The van der Waals surface area contributed by atoms with Crippen LogP contribution in [0.25, 0.3) is 10.9 Å². The monoisotopic (exact) mass is 269 g/mol. The van der Waals surface area contributed by atoms with Gasteiger partial charge in [-0.05, 0) is 12.5 Å². The molecule has 5 nitrogen and oxygen atoms in total. The summed E-state index contributed by atoms with van der Waals surface area (Å²) in [7, 11) is 1.97. The van der Waals surface area contributed by atoms with E-state index in [2.05, 4.69) is 29.3 Å². The van der Waals surface area contributed by atoms with E-state index in [0.29, 0.717) is 6.54 Å². The Morgan fingerprint density at radius 2 is 2.10 bits per heavy atom. The smallest absolute Gasteiger partial charge is 0.0918 e. The van der Waals surface area contributed by atoms with Crippen LogP contribution >= 0.6 is 0 Å². The van der Waals surface area contributed by atoms with Gasteiger partial charge in [-0.15, -0.1) is 0 Å². The van der Waals surface area contributed by atoms with Gasteiger partial charge in [0.2, 0.25) is 0 Å². The highest BCUT2D eigenvalue weighted by molar-refractivity contribution is 5.81. The molecule has 104 valence electrons. The van der Waals surface area contributed by atoms with Gasteiger partial charge in [0.15, 0.2) is 0 Å². The number of benzene rings is 1. The van der Waals surface area contributed by atoms with Crippen molar-refractivity contribution in [3.63, 3.8) is 0 Å². The van der Waals surface area contributed by atoms with Crippen LogP contribution in [0.4, 0.5) is 0 Å². The van der Waals surface area contributed by atoms with E-state index in [1.807, 2.05) is 40.9 Å². The number of nitrogens with zero attached hydrogens (tertiary/aromatic N) is 4. The average molecular weight is 269 g/mol. The summed E-state index contributed by atoms with van der Waals surface area (Å²) in [4.78, 5) is 0. The van der Waals surface area contributed by atoms with Gasteiger partial charge in [0, 0.05) is 30.2 Å². The van der Waals surface area contributed by atoms with Crippen LogP contribution in [0.2, 0.25) is 0 Å². The van der Waals surface area contributed by atoms with E-state index < -0.39 is 0 Å². The maximum absolute atomic E-state index is 6.02. The lowest BCUT2D eigenvalue weighted by atomic mass is 10.1. The van der Waals surface area contributed by atoms with Crippen molar-refractivity contribution >= 4 is 10.9 Å². The fraction of sp³-hybridized carbons (Fsp3) is 0.333. The number of nitrogens with two attached hydrogens (primary N) is 1. The molecule has 0 radical (unpaired) electrons. The molecule has 0 bridgehead atoms. The topological polar surface area (TPSA) is 61.7 Å². The Hall–Kier alpha value is -2.14. The van der Waals surface area contributed by atoms with Crippen molar-refractivity contribution in [2.24, 2.45) is 12.8 Å². The zero-order valence-corrected chi connectivity index (χ0v) is 11.8. The fourth-order valence-corrected chi connectivity index (χ4v) is 2.45. The second kappa shape index (κ2) is 5.09. The van der Waals surface area contributed by atoms with E-state index in [9.17, 15) is 0 Å². The minimum absolute atomic E-state index is 0.0595. The van der Waals surface area contributed by atoms with Gasteiger partial charge in [0.1, 0.15) is 0 Å². The first-order chi connectivity index (χ1) is 9.69. The van der Waals surface area contributed by atoms with Crippen LogP contribution in [-0.2, 0) is 13.6 Å². The summed E-state index contributed by atoms with van der Waals surface area (Å²) < 4.78 is 3.81. The zero-order chi connectivity index (χ0) is 14.1. The van der Waals surface area contributed by atoms with Crippen molar-refractivity contribution in [1.29, 1.82) is 0 Å². The number of fused-ring (bicyclic) bond motifs is 1. The molecular weight excluding hydrogens is 250 g/mol. The van der Waals surface area contributed by atoms with Gasteiger partial charge in [0.05, 0.1) is 24.0 Å². The van der Waals surface area contributed by atoms with Crippen LogP contribution in [0.3, 0.4) is 0 Å². The molecule has 0 aliphatic carbocycles. The van der Waals surface area contributed by atoms with Crippen LogP contribution in [0, 0.1) is 0 Å². The van der Waals surface area contributed by atoms with Gasteiger partial charge in [-0.1, -0.05) is 25.1 Å². The molecule has 0 spiro atoms. The Kier molecular flexibility index (Phi) is 3.28. The van der Waals surface area contributed by atoms with Crippen molar-refractivity contribution in [2.45, 2.75) is 25.9 Å². The second-order valence-electron chi connectivity index (χ2n) is 5.07. The van der Waals surface area contributed by atoms with Crippen molar-refractivity contribution in [1.82, 2.24) is 19.6 Å². The van der Waals surface area contributed by atoms with E-state index >= 15 is 0 Å². The van der Waals surface area contributed by atoms with Gasteiger partial charge in [-0.2, -0.15) is 10.2 Å². The molecule has 1 aromatic carbocycles. The third-order valence-corrected chi connectivity index (χ3v) is 3.67. The number of hydrogen-bond acceptors (Lipinski definition) is 3. The minimum Gasteiger partial charge on any atom is -0.324 e. The average Bonchev–Trinajstić information content (AvgIpc) is 3.05. The summed E-state index contributed by atoms with van der Waals surface area (Å²) in [5.41, 5.74) is 9.27. The molecule has 0 saturated heterocycles. The van der Waals surface area contributed by atoms with E-state index in [-0.39, 0.29) is 6.04 Å². The van der Waals surface area contributed by atoms with Crippen LogP contribution < -0.4 is 5.73 Å². The molecule has 0 saturated carbocycles. The van der Waals surface area contributed by atoms with E-state index in [4.69, 9.17) is 5.73 Å². The van der Waals surface area contributed by atoms with Gasteiger partial charge < -0.3 is 5.73 Å². The molecule has 3 rings (SSSR count). The maximum Gasteiger partial charge on any atom is 0.0918 e.